The van der Waals surface area contributed by atoms with Gasteiger partial charge in [-0.1, -0.05) is 25.1 Å². The molecule has 0 aliphatic rings. The molecule has 1 aromatic carbocycles. The quantitative estimate of drug-likeness (QED) is 0.694. The molecule has 0 aliphatic carbocycles. The van der Waals surface area contributed by atoms with E-state index in [4.69, 9.17) is 4.74 Å². The summed E-state index contributed by atoms with van der Waals surface area (Å²) in [6.07, 6.45) is 2.22. The predicted octanol–water partition coefficient (Wildman–Crippen LogP) is 2.56. The lowest BCUT2D eigenvalue weighted by Gasteiger charge is -2.25. The summed E-state index contributed by atoms with van der Waals surface area (Å²) in [4.78, 5) is 2.40. The van der Waals surface area contributed by atoms with Crippen molar-refractivity contribution < 1.29 is 4.74 Å². The molecule has 3 heteroatoms. The summed E-state index contributed by atoms with van der Waals surface area (Å²) in [5, 5.41) is 3.44. The Morgan fingerprint density at radius 1 is 1.26 bits per heavy atom. The summed E-state index contributed by atoms with van der Waals surface area (Å²) in [5.41, 5.74) is 1.28. The van der Waals surface area contributed by atoms with Crippen molar-refractivity contribution in [3.8, 4) is 5.75 Å². The third-order valence-corrected chi connectivity index (χ3v) is 3.53. The average Bonchev–Trinajstić information content (AvgIpc) is 2.44. The van der Waals surface area contributed by atoms with E-state index in [-0.39, 0.29) is 0 Å². The van der Waals surface area contributed by atoms with Crippen molar-refractivity contribution in [2.24, 2.45) is 0 Å². The zero-order chi connectivity index (χ0) is 14.1. The van der Waals surface area contributed by atoms with Gasteiger partial charge in [-0.25, -0.2) is 0 Å². The van der Waals surface area contributed by atoms with Gasteiger partial charge in [-0.05, 0) is 45.0 Å². The molecule has 0 radical (unpaired) electrons. The fraction of sp³-hybridized carbons (Fsp3) is 0.625. The van der Waals surface area contributed by atoms with Gasteiger partial charge in [0.05, 0.1) is 7.11 Å². The number of ether oxygens (including phenoxy) is 1. The molecule has 0 spiro atoms. The first-order valence-corrected chi connectivity index (χ1v) is 7.21. The van der Waals surface area contributed by atoms with Crippen LogP contribution in [0.1, 0.15) is 25.8 Å². The number of hydrogen-bond donors (Lipinski definition) is 1. The first-order chi connectivity index (χ1) is 9.19. The van der Waals surface area contributed by atoms with Gasteiger partial charge in [-0.2, -0.15) is 0 Å². The van der Waals surface area contributed by atoms with E-state index in [1.807, 2.05) is 12.1 Å². The van der Waals surface area contributed by atoms with Gasteiger partial charge in [0.25, 0.3) is 0 Å². The summed E-state index contributed by atoms with van der Waals surface area (Å²) >= 11 is 0. The maximum atomic E-state index is 5.41. The molecule has 1 unspecified atom stereocenters. The van der Waals surface area contributed by atoms with E-state index in [9.17, 15) is 0 Å². The molecule has 1 rings (SSSR count). The SMILES string of the molecule is CCCNCCN(C)C(C)Cc1ccccc1OC. The zero-order valence-corrected chi connectivity index (χ0v) is 12.8. The fourth-order valence-electron chi connectivity index (χ4n) is 2.12. The molecular formula is C16H28N2O. The zero-order valence-electron chi connectivity index (χ0n) is 12.8. The van der Waals surface area contributed by atoms with Gasteiger partial charge in [0.1, 0.15) is 5.75 Å². The molecule has 0 bridgehead atoms. The van der Waals surface area contributed by atoms with Crippen molar-refractivity contribution in [2.45, 2.75) is 32.7 Å². The van der Waals surface area contributed by atoms with E-state index in [2.05, 4.69) is 43.2 Å². The van der Waals surface area contributed by atoms with Crippen LogP contribution in [0, 0.1) is 0 Å². The van der Waals surface area contributed by atoms with Crippen LogP contribution in [0.25, 0.3) is 0 Å². The van der Waals surface area contributed by atoms with Crippen molar-refractivity contribution in [1.82, 2.24) is 10.2 Å². The molecule has 0 amide bonds. The highest BCUT2D eigenvalue weighted by molar-refractivity contribution is 5.33. The average molecular weight is 264 g/mol. The van der Waals surface area contributed by atoms with E-state index >= 15 is 0 Å². The van der Waals surface area contributed by atoms with Crippen LogP contribution in [0.5, 0.6) is 5.75 Å². The van der Waals surface area contributed by atoms with Gasteiger partial charge in [0.15, 0.2) is 0 Å². The van der Waals surface area contributed by atoms with Crippen molar-refractivity contribution >= 4 is 0 Å². The van der Waals surface area contributed by atoms with Crippen molar-refractivity contribution in [2.75, 3.05) is 33.8 Å². The highest BCUT2D eigenvalue weighted by atomic mass is 16.5. The maximum absolute atomic E-state index is 5.41. The Bertz CT molecular complexity index is 354. The fourth-order valence-corrected chi connectivity index (χ4v) is 2.12. The smallest absolute Gasteiger partial charge is 0.122 e. The Kier molecular flexibility index (Phi) is 7.53. The van der Waals surface area contributed by atoms with Crippen molar-refractivity contribution in [1.29, 1.82) is 0 Å². The molecule has 1 aromatic rings. The van der Waals surface area contributed by atoms with Crippen LogP contribution in [0.4, 0.5) is 0 Å². The van der Waals surface area contributed by atoms with Crippen LogP contribution in [0.2, 0.25) is 0 Å². The summed E-state index contributed by atoms with van der Waals surface area (Å²) in [6, 6.07) is 8.79. The predicted molar refractivity (Wildman–Crippen MR) is 82.0 cm³/mol. The second kappa shape index (κ2) is 8.94. The van der Waals surface area contributed by atoms with Crippen LogP contribution in [-0.4, -0.2) is 44.7 Å². The minimum absolute atomic E-state index is 0.514. The minimum Gasteiger partial charge on any atom is -0.496 e. The highest BCUT2D eigenvalue weighted by Gasteiger charge is 2.12. The molecule has 0 aliphatic heterocycles. The summed E-state index contributed by atoms with van der Waals surface area (Å²) in [5.74, 6) is 0.992. The summed E-state index contributed by atoms with van der Waals surface area (Å²) in [6.45, 7) is 7.71. The molecule has 0 heterocycles. The van der Waals surface area contributed by atoms with Crippen molar-refractivity contribution in [3.63, 3.8) is 0 Å². The van der Waals surface area contributed by atoms with Crippen molar-refractivity contribution in [3.05, 3.63) is 29.8 Å². The Labute approximate surface area is 118 Å². The minimum atomic E-state index is 0.514. The van der Waals surface area contributed by atoms with E-state index in [1.54, 1.807) is 7.11 Å². The lowest BCUT2D eigenvalue weighted by molar-refractivity contribution is 0.254. The van der Waals surface area contributed by atoms with Gasteiger partial charge in [0.2, 0.25) is 0 Å². The van der Waals surface area contributed by atoms with Crippen LogP contribution in [-0.2, 0) is 6.42 Å². The summed E-state index contributed by atoms with van der Waals surface area (Å²) in [7, 11) is 3.93. The molecule has 3 nitrogen and oxygen atoms in total. The number of hydrogen-bond acceptors (Lipinski definition) is 3. The van der Waals surface area contributed by atoms with Gasteiger partial charge in [-0.3, -0.25) is 0 Å². The number of likely N-dealkylation sites (N-methyl/N-ethyl adjacent to an activating group) is 1. The monoisotopic (exact) mass is 264 g/mol. The van der Waals surface area contributed by atoms with E-state index in [1.165, 1.54) is 12.0 Å². The first-order valence-electron chi connectivity index (χ1n) is 7.21. The van der Waals surface area contributed by atoms with Gasteiger partial charge in [-0.15, -0.1) is 0 Å². The normalized spacial score (nSPS) is 12.7. The van der Waals surface area contributed by atoms with Gasteiger partial charge >= 0.3 is 0 Å². The lowest BCUT2D eigenvalue weighted by Crippen LogP contribution is -2.36. The van der Waals surface area contributed by atoms with Crippen LogP contribution >= 0.6 is 0 Å². The molecule has 1 N–H and O–H groups in total. The first kappa shape index (κ1) is 16.0. The van der Waals surface area contributed by atoms with Crippen LogP contribution in [0.3, 0.4) is 0 Å². The lowest BCUT2D eigenvalue weighted by atomic mass is 10.1. The molecule has 19 heavy (non-hydrogen) atoms. The Morgan fingerprint density at radius 3 is 2.68 bits per heavy atom. The topological polar surface area (TPSA) is 24.5 Å². The highest BCUT2D eigenvalue weighted by Crippen LogP contribution is 2.19. The third-order valence-electron chi connectivity index (χ3n) is 3.53. The number of nitrogens with zero attached hydrogens (tertiary/aromatic N) is 1. The van der Waals surface area contributed by atoms with E-state index in [0.29, 0.717) is 6.04 Å². The molecule has 108 valence electrons. The number of para-hydroxylation sites is 1. The molecule has 0 fully saturated rings. The summed E-state index contributed by atoms with van der Waals surface area (Å²) < 4.78 is 5.41. The largest absolute Gasteiger partial charge is 0.496 e. The molecular weight excluding hydrogens is 236 g/mol. The number of methoxy groups -OCH3 is 1. The van der Waals surface area contributed by atoms with Gasteiger partial charge in [0, 0.05) is 19.1 Å². The Morgan fingerprint density at radius 2 is 2.00 bits per heavy atom. The maximum Gasteiger partial charge on any atom is 0.122 e. The van der Waals surface area contributed by atoms with Crippen LogP contribution < -0.4 is 10.1 Å². The second-order valence-corrected chi connectivity index (χ2v) is 5.10. The number of benzene rings is 1. The van der Waals surface area contributed by atoms with E-state index < -0.39 is 0 Å². The number of rotatable bonds is 9. The van der Waals surface area contributed by atoms with Gasteiger partial charge < -0.3 is 15.0 Å². The van der Waals surface area contributed by atoms with E-state index in [0.717, 1.165) is 31.8 Å². The molecule has 0 saturated heterocycles. The number of nitrogens with one attached hydrogen (secondary N) is 1. The second-order valence-electron chi connectivity index (χ2n) is 5.10. The third kappa shape index (κ3) is 5.62. The molecule has 0 saturated carbocycles. The Balaban J connectivity index is 2.42. The molecule has 1 atom stereocenters. The molecule has 0 aromatic heterocycles. The standard InChI is InChI=1S/C16H28N2O/c1-5-10-17-11-12-18(3)14(2)13-15-8-6-7-9-16(15)19-4/h6-9,14,17H,5,10-13H2,1-4H3. The van der Waals surface area contributed by atoms with Crippen LogP contribution in [0.15, 0.2) is 24.3 Å². The Hall–Kier alpha value is -1.06.